The molecule has 4 N–H and O–H groups in total. The molecule has 0 aliphatic carbocycles. The number of carbonyl (C=O) groups is 3. The standard InChI is InChI=1S/C20H30N4O5S2/c1-10-15-14(11(2)25)18(26)24(15)16(19(27)28)17(10)31-13-7-12(21-9-13)8-22-20(29)23-3-5-30-6-4-23/h10-15,21,25H,3-9H2,1-2H3,(H,22,29)(H,27,28)/t10-,11-,12+,13+,14?,15-/m1/s1. The first kappa shape index (κ1) is 22.8. The molecule has 4 rings (SSSR count). The summed E-state index contributed by atoms with van der Waals surface area (Å²) in [4.78, 5) is 40.6. The van der Waals surface area contributed by atoms with E-state index in [0.717, 1.165) is 35.9 Å². The van der Waals surface area contributed by atoms with Gasteiger partial charge in [-0.25, -0.2) is 9.59 Å². The van der Waals surface area contributed by atoms with E-state index in [2.05, 4.69) is 10.6 Å². The van der Waals surface area contributed by atoms with E-state index in [0.29, 0.717) is 13.1 Å². The molecule has 0 saturated carbocycles. The fraction of sp³-hybridized carbons (Fsp3) is 0.750. The number of carboxylic acids is 1. The predicted octanol–water partition coefficient (Wildman–Crippen LogP) is 0.362. The van der Waals surface area contributed by atoms with Crippen LogP contribution >= 0.6 is 23.5 Å². The van der Waals surface area contributed by atoms with Gasteiger partial charge in [-0.15, -0.1) is 11.8 Å². The van der Waals surface area contributed by atoms with Crippen molar-refractivity contribution in [2.75, 3.05) is 37.7 Å². The van der Waals surface area contributed by atoms with Gasteiger partial charge < -0.3 is 30.6 Å². The van der Waals surface area contributed by atoms with Crippen LogP contribution < -0.4 is 10.6 Å². The number of amides is 3. The van der Waals surface area contributed by atoms with E-state index < -0.39 is 18.0 Å². The third-order valence-electron chi connectivity index (χ3n) is 6.58. The molecule has 4 aliphatic heterocycles. The lowest BCUT2D eigenvalue weighted by Crippen LogP contribution is -2.63. The summed E-state index contributed by atoms with van der Waals surface area (Å²) < 4.78 is 0. The Hall–Kier alpha value is -1.43. The van der Waals surface area contributed by atoms with Gasteiger partial charge in [0.2, 0.25) is 5.91 Å². The summed E-state index contributed by atoms with van der Waals surface area (Å²) >= 11 is 3.39. The molecule has 3 fully saturated rings. The highest BCUT2D eigenvalue weighted by Gasteiger charge is 2.60. The number of aliphatic hydroxyl groups is 1. The number of urea groups is 1. The van der Waals surface area contributed by atoms with Crippen LogP contribution in [-0.4, -0.2) is 99.0 Å². The zero-order valence-electron chi connectivity index (χ0n) is 17.7. The zero-order valence-corrected chi connectivity index (χ0v) is 19.4. The number of nitrogens with zero attached hydrogens (tertiary/aromatic N) is 2. The van der Waals surface area contributed by atoms with Gasteiger partial charge in [0.05, 0.1) is 18.1 Å². The highest BCUT2D eigenvalue weighted by molar-refractivity contribution is 8.03. The first-order valence-electron chi connectivity index (χ1n) is 10.8. The number of carboxylic acid groups (broad SMARTS) is 1. The van der Waals surface area contributed by atoms with Crippen molar-refractivity contribution < 1.29 is 24.6 Å². The van der Waals surface area contributed by atoms with E-state index in [1.54, 1.807) is 6.92 Å². The number of nitrogens with one attached hydrogen (secondary N) is 2. The average molecular weight is 471 g/mol. The van der Waals surface area contributed by atoms with Gasteiger partial charge in [0.1, 0.15) is 5.70 Å². The molecule has 0 aromatic carbocycles. The second-order valence-electron chi connectivity index (χ2n) is 8.64. The number of fused-ring (bicyclic) bond motifs is 1. The second kappa shape index (κ2) is 9.21. The molecule has 11 heteroatoms. The van der Waals surface area contributed by atoms with Crippen molar-refractivity contribution in [1.82, 2.24) is 20.4 Å². The van der Waals surface area contributed by atoms with Gasteiger partial charge in [-0.2, -0.15) is 11.8 Å². The smallest absolute Gasteiger partial charge is 0.353 e. The topological polar surface area (TPSA) is 122 Å². The number of rotatable bonds is 6. The van der Waals surface area contributed by atoms with Gasteiger partial charge >= 0.3 is 12.0 Å². The Morgan fingerprint density at radius 1 is 1.35 bits per heavy atom. The quantitative estimate of drug-likeness (QED) is 0.411. The van der Waals surface area contributed by atoms with E-state index in [4.69, 9.17) is 0 Å². The number of aliphatic hydroxyl groups excluding tert-OH is 1. The number of aliphatic carboxylic acids is 1. The van der Waals surface area contributed by atoms with Gasteiger partial charge in [0.15, 0.2) is 0 Å². The van der Waals surface area contributed by atoms with Gasteiger partial charge in [-0.3, -0.25) is 4.79 Å². The van der Waals surface area contributed by atoms with Crippen molar-refractivity contribution in [2.45, 2.75) is 43.7 Å². The molecule has 0 bridgehead atoms. The summed E-state index contributed by atoms with van der Waals surface area (Å²) in [5.41, 5.74) is 0.0733. The lowest BCUT2D eigenvalue weighted by Gasteiger charge is -2.46. The molecule has 0 aromatic rings. The van der Waals surface area contributed by atoms with Crippen molar-refractivity contribution in [3.05, 3.63) is 10.6 Å². The van der Waals surface area contributed by atoms with Gasteiger partial charge in [0.25, 0.3) is 0 Å². The minimum atomic E-state index is -1.09. The van der Waals surface area contributed by atoms with Crippen LogP contribution in [0.5, 0.6) is 0 Å². The van der Waals surface area contributed by atoms with Gasteiger partial charge in [-0.1, -0.05) is 6.92 Å². The summed E-state index contributed by atoms with van der Waals surface area (Å²) in [6, 6.07) is -0.172. The molecule has 1 unspecified atom stereocenters. The van der Waals surface area contributed by atoms with E-state index in [1.165, 1.54) is 16.7 Å². The van der Waals surface area contributed by atoms with Crippen molar-refractivity contribution in [3.63, 3.8) is 0 Å². The summed E-state index contributed by atoms with van der Waals surface area (Å²) in [5.74, 6) is -0.110. The first-order chi connectivity index (χ1) is 14.8. The fourth-order valence-electron chi connectivity index (χ4n) is 4.97. The van der Waals surface area contributed by atoms with Crippen molar-refractivity contribution in [3.8, 4) is 0 Å². The van der Waals surface area contributed by atoms with E-state index in [1.807, 2.05) is 23.6 Å². The maximum atomic E-state index is 12.5. The Balaban J connectivity index is 1.34. The number of β-lactam (4-membered cyclic amide) rings is 1. The predicted molar refractivity (Wildman–Crippen MR) is 120 cm³/mol. The Labute approximate surface area is 190 Å². The van der Waals surface area contributed by atoms with Crippen LogP contribution in [0.3, 0.4) is 0 Å². The van der Waals surface area contributed by atoms with Crippen LogP contribution in [0.4, 0.5) is 4.79 Å². The average Bonchev–Trinajstić information content (AvgIpc) is 3.28. The van der Waals surface area contributed by atoms with Crippen LogP contribution in [-0.2, 0) is 9.59 Å². The first-order valence-corrected chi connectivity index (χ1v) is 12.8. The van der Waals surface area contributed by atoms with Crippen LogP contribution in [0.25, 0.3) is 0 Å². The summed E-state index contributed by atoms with van der Waals surface area (Å²) in [5, 5.41) is 26.3. The number of carbonyl (C=O) groups excluding carboxylic acids is 2. The molecule has 9 nitrogen and oxygen atoms in total. The molecule has 0 aromatic heterocycles. The van der Waals surface area contributed by atoms with E-state index in [-0.39, 0.29) is 40.9 Å². The number of hydrogen-bond donors (Lipinski definition) is 4. The van der Waals surface area contributed by atoms with Crippen LogP contribution in [0.1, 0.15) is 20.3 Å². The maximum Gasteiger partial charge on any atom is 0.353 e. The fourth-order valence-corrected chi connectivity index (χ4v) is 7.40. The van der Waals surface area contributed by atoms with Gasteiger partial charge in [0, 0.05) is 59.8 Å². The highest BCUT2D eigenvalue weighted by atomic mass is 32.2. The number of thioether (sulfide) groups is 2. The molecule has 4 heterocycles. The monoisotopic (exact) mass is 470 g/mol. The lowest BCUT2D eigenvalue weighted by atomic mass is 9.79. The zero-order chi connectivity index (χ0) is 22.3. The molecular formula is C20H30N4O5S2. The number of hydrogen-bond acceptors (Lipinski definition) is 7. The molecule has 31 heavy (non-hydrogen) atoms. The molecule has 6 atom stereocenters. The van der Waals surface area contributed by atoms with Crippen LogP contribution in [0.2, 0.25) is 0 Å². The SMILES string of the molecule is C[C@@H](O)C1C(=O)N2C(C(=O)O)=C(S[C@@H]3CN[C@H](CNC(=O)N4CCSCC4)C3)[C@H](C)[C@H]12. The van der Waals surface area contributed by atoms with Crippen molar-refractivity contribution in [1.29, 1.82) is 0 Å². The normalized spacial score (nSPS) is 33.9. The van der Waals surface area contributed by atoms with E-state index >= 15 is 0 Å². The molecule has 0 radical (unpaired) electrons. The minimum Gasteiger partial charge on any atom is -0.477 e. The third kappa shape index (κ3) is 4.29. The Bertz CT molecular complexity index is 786. The van der Waals surface area contributed by atoms with Crippen LogP contribution in [0.15, 0.2) is 10.6 Å². The van der Waals surface area contributed by atoms with Gasteiger partial charge in [-0.05, 0) is 13.3 Å². The Morgan fingerprint density at radius 2 is 2.06 bits per heavy atom. The minimum absolute atomic E-state index is 0.0226. The van der Waals surface area contributed by atoms with Crippen LogP contribution in [0, 0.1) is 11.8 Å². The second-order valence-corrected chi connectivity index (χ2v) is 11.2. The molecular weight excluding hydrogens is 440 g/mol. The molecule has 0 spiro atoms. The third-order valence-corrected chi connectivity index (χ3v) is 9.04. The molecule has 172 valence electrons. The van der Waals surface area contributed by atoms with Crippen molar-refractivity contribution >= 4 is 41.4 Å². The summed E-state index contributed by atoms with van der Waals surface area (Å²) in [6.45, 7) is 6.34. The summed E-state index contributed by atoms with van der Waals surface area (Å²) in [7, 11) is 0. The summed E-state index contributed by atoms with van der Waals surface area (Å²) in [6.07, 6.45) is 0.0118. The molecule has 4 aliphatic rings. The maximum absolute atomic E-state index is 12.5. The van der Waals surface area contributed by atoms with E-state index in [9.17, 15) is 24.6 Å². The lowest BCUT2D eigenvalue weighted by molar-refractivity contribution is -0.163. The highest BCUT2D eigenvalue weighted by Crippen LogP contribution is 2.51. The molecule has 3 saturated heterocycles. The Kier molecular flexibility index (Phi) is 6.76. The molecule has 3 amide bonds. The van der Waals surface area contributed by atoms with Crippen molar-refractivity contribution in [2.24, 2.45) is 11.8 Å². The Morgan fingerprint density at radius 3 is 2.71 bits per heavy atom. The largest absolute Gasteiger partial charge is 0.477 e.